The molecule has 11 aromatic rings. The smallest absolute Gasteiger partial charge is 0.0562 e. The van der Waals surface area contributed by atoms with Gasteiger partial charge in [-0.1, -0.05) is 121 Å². The van der Waals surface area contributed by atoms with E-state index in [-0.39, 0.29) is 0 Å². The fraction of sp³-hybridized carbons (Fsp3) is 0. The SMILES string of the molecule is c1ccc(-c2ccc(-n3c4ccccc4c4cc5c6ccccc6n(-c6cccc7c6c6ccccc6n7-c6ccccc6)c5cc43)cc2)cc1. The molecule has 0 amide bonds. The molecule has 238 valence electrons. The summed E-state index contributed by atoms with van der Waals surface area (Å²) in [6, 6.07) is 68.4. The molecule has 3 heterocycles. The third-order valence-corrected chi connectivity index (χ3v) is 10.6. The minimum absolute atomic E-state index is 1.15. The third kappa shape index (κ3) is 4.06. The first kappa shape index (κ1) is 28.0. The van der Waals surface area contributed by atoms with Gasteiger partial charge < -0.3 is 13.7 Å². The molecule has 0 aliphatic rings. The number of rotatable bonds is 4. The molecule has 0 spiro atoms. The maximum atomic E-state index is 2.49. The molecule has 0 bridgehead atoms. The van der Waals surface area contributed by atoms with Gasteiger partial charge in [0.05, 0.1) is 38.8 Å². The molecule has 3 nitrogen and oxygen atoms in total. The first-order valence-electron chi connectivity index (χ1n) is 17.5. The van der Waals surface area contributed by atoms with Gasteiger partial charge in [-0.05, 0) is 77.9 Å². The standard InChI is InChI=1S/C48H31N3/c1-3-14-32(15-4-1)33-26-28-35(29-27-33)50-41-21-10-7-18-36(41)39-30-40-37-19-8-11-22-42(37)51(47(40)31-46(39)50)45-25-13-24-44-48(45)38-20-9-12-23-43(38)49(44)34-16-5-2-6-17-34/h1-31H. The van der Waals surface area contributed by atoms with E-state index in [1.807, 2.05) is 0 Å². The van der Waals surface area contributed by atoms with Crippen LogP contribution in [0, 0.1) is 0 Å². The van der Waals surface area contributed by atoms with E-state index in [1.54, 1.807) is 0 Å². The molecular formula is C48H31N3. The van der Waals surface area contributed by atoms with Crippen molar-refractivity contribution in [1.82, 2.24) is 13.7 Å². The average Bonchev–Trinajstić information content (AvgIpc) is 3.83. The number of hydrogen-bond donors (Lipinski definition) is 0. The quantitative estimate of drug-likeness (QED) is 0.180. The van der Waals surface area contributed by atoms with Gasteiger partial charge in [0.2, 0.25) is 0 Å². The Hall–Kier alpha value is -6.84. The number of aromatic nitrogens is 3. The van der Waals surface area contributed by atoms with Crippen molar-refractivity contribution < 1.29 is 0 Å². The minimum Gasteiger partial charge on any atom is -0.309 e. The largest absolute Gasteiger partial charge is 0.309 e. The highest BCUT2D eigenvalue weighted by molar-refractivity contribution is 6.21. The van der Waals surface area contributed by atoms with Gasteiger partial charge >= 0.3 is 0 Å². The lowest BCUT2D eigenvalue weighted by Gasteiger charge is -2.12. The summed E-state index contributed by atoms with van der Waals surface area (Å²) in [5, 5.41) is 7.51. The molecule has 0 aliphatic carbocycles. The molecule has 0 aliphatic heterocycles. The molecule has 51 heavy (non-hydrogen) atoms. The van der Waals surface area contributed by atoms with Crippen LogP contribution in [0.15, 0.2) is 188 Å². The highest BCUT2D eigenvalue weighted by atomic mass is 15.0. The van der Waals surface area contributed by atoms with Crippen molar-refractivity contribution in [3.05, 3.63) is 188 Å². The summed E-state index contributed by atoms with van der Waals surface area (Å²) in [6.45, 7) is 0. The first-order valence-corrected chi connectivity index (χ1v) is 17.5. The Morgan fingerprint density at radius 2 is 0.725 bits per heavy atom. The van der Waals surface area contributed by atoms with Gasteiger partial charge in [0.15, 0.2) is 0 Å². The number of benzene rings is 8. The topological polar surface area (TPSA) is 14.8 Å². The summed E-state index contributed by atoms with van der Waals surface area (Å²) >= 11 is 0. The molecular weight excluding hydrogens is 619 g/mol. The van der Waals surface area contributed by atoms with E-state index in [1.165, 1.54) is 82.2 Å². The maximum absolute atomic E-state index is 2.49. The molecule has 0 saturated heterocycles. The summed E-state index contributed by atoms with van der Waals surface area (Å²) in [5.41, 5.74) is 13.1. The molecule has 0 N–H and O–H groups in total. The predicted molar refractivity (Wildman–Crippen MR) is 215 cm³/mol. The predicted octanol–water partition coefficient (Wildman–Crippen LogP) is 12.6. The Kier molecular flexibility index (Phi) is 5.96. The van der Waals surface area contributed by atoms with E-state index in [2.05, 4.69) is 202 Å². The first-order chi connectivity index (χ1) is 25.3. The van der Waals surface area contributed by atoms with Crippen LogP contribution < -0.4 is 0 Å². The molecule has 0 radical (unpaired) electrons. The van der Waals surface area contributed by atoms with Gasteiger partial charge in [0.1, 0.15) is 0 Å². The zero-order valence-corrected chi connectivity index (χ0v) is 27.7. The van der Waals surface area contributed by atoms with Gasteiger partial charge in [-0.15, -0.1) is 0 Å². The lowest BCUT2D eigenvalue weighted by molar-refractivity contribution is 1.16. The Morgan fingerprint density at radius 3 is 1.41 bits per heavy atom. The molecule has 0 atom stereocenters. The normalized spacial score (nSPS) is 11.9. The Balaban J connectivity index is 1.24. The van der Waals surface area contributed by atoms with Crippen molar-refractivity contribution in [3.8, 4) is 28.2 Å². The highest BCUT2D eigenvalue weighted by Crippen LogP contribution is 2.42. The van der Waals surface area contributed by atoms with Crippen molar-refractivity contribution in [1.29, 1.82) is 0 Å². The van der Waals surface area contributed by atoms with E-state index >= 15 is 0 Å². The van der Waals surface area contributed by atoms with Gasteiger partial charge in [-0.25, -0.2) is 0 Å². The zero-order valence-electron chi connectivity index (χ0n) is 27.7. The number of para-hydroxylation sites is 4. The lowest BCUT2D eigenvalue weighted by Crippen LogP contribution is -1.97. The summed E-state index contributed by atoms with van der Waals surface area (Å²) < 4.78 is 7.33. The molecule has 3 heteroatoms. The van der Waals surface area contributed by atoms with Gasteiger partial charge in [0, 0.05) is 43.7 Å². The maximum Gasteiger partial charge on any atom is 0.0562 e. The highest BCUT2D eigenvalue weighted by Gasteiger charge is 2.21. The fourth-order valence-corrected chi connectivity index (χ4v) is 8.44. The van der Waals surface area contributed by atoms with Gasteiger partial charge in [-0.2, -0.15) is 0 Å². The van der Waals surface area contributed by atoms with Gasteiger partial charge in [-0.3, -0.25) is 0 Å². The van der Waals surface area contributed by atoms with Crippen LogP contribution in [-0.4, -0.2) is 13.7 Å². The van der Waals surface area contributed by atoms with E-state index in [9.17, 15) is 0 Å². The number of hydrogen-bond acceptors (Lipinski definition) is 0. The second-order valence-corrected chi connectivity index (χ2v) is 13.4. The van der Waals surface area contributed by atoms with Crippen molar-refractivity contribution in [2.75, 3.05) is 0 Å². The monoisotopic (exact) mass is 649 g/mol. The van der Waals surface area contributed by atoms with Crippen LogP contribution in [0.2, 0.25) is 0 Å². The molecule has 8 aromatic carbocycles. The van der Waals surface area contributed by atoms with Crippen molar-refractivity contribution in [2.45, 2.75) is 0 Å². The lowest BCUT2D eigenvalue weighted by atomic mass is 10.1. The van der Waals surface area contributed by atoms with E-state index < -0.39 is 0 Å². The number of nitrogens with zero attached hydrogens (tertiary/aromatic N) is 3. The van der Waals surface area contributed by atoms with E-state index in [4.69, 9.17) is 0 Å². The summed E-state index contributed by atoms with van der Waals surface area (Å²) in [6.07, 6.45) is 0. The van der Waals surface area contributed by atoms with Crippen molar-refractivity contribution in [2.24, 2.45) is 0 Å². The Labute approximate surface area is 294 Å². The second-order valence-electron chi connectivity index (χ2n) is 13.4. The van der Waals surface area contributed by atoms with E-state index in [0.717, 1.165) is 11.4 Å². The molecule has 3 aromatic heterocycles. The van der Waals surface area contributed by atoms with Gasteiger partial charge in [0.25, 0.3) is 0 Å². The molecule has 11 rings (SSSR count). The Morgan fingerprint density at radius 1 is 0.255 bits per heavy atom. The van der Waals surface area contributed by atoms with E-state index in [0.29, 0.717) is 0 Å². The number of fused-ring (bicyclic) bond motifs is 9. The molecule has 0 fully saturated rings. The van der Waals surface area contributed by atoms with Crippen LogP contribution in [0.1, 0.15) is 0 Å². The van der Waals surface area contributed by atoms with Crippen molar-refractivity contribution >= 4 is 65.4 Å². The Bertz CT molecular complexity index is 3110. The summed E-state index contributed by atoms with van der Waals surface area (Å²) in [7, 11) is 0. The van der Waals surface area contributed by atoms with Crippen LogP contribution in [0.4, 0.5) is 0 Å². The summed E-state index contributed by atoms with van der Waals surface area (Å²) in [4.78, 5) is 0. The third-order valence-electron chi connectivity index (χ3n) is 10.6. The summed E-state index contributed by atoms with van der Waals surface area (Å²) in [5.74, 6) is 0. The minimum atomic E-state index is 1.15. The fourth-order valence-electron chi connectivity index (χ4n) is 8.44. The van der Waals surface area contributed by atoms with Crippen molar-refractivity contribution in [3.63, 3.8) is 0 Å². The average molecular weight is 650 g/mol. The van der Waals surface area contributed by atoms with Crippen LogP contribution >= 0.6 is 0 Å². The van der Waals surface area contributed by atoms with Crippen LogP contribution in [0.3, 0.4) is 0 Å². The zero-order chi connectivity index (χ0) is 33.5. The van der Waals surface area contributed by atoms with Crippen LogP contribution in [0.25, 0.3) is 93.6 Å². The molecule has 0 saturated carbocycles. The van der Waals surface area contributed by atoms with Crippen LogP contribution in [-0.2, 0) is 0 Å². The van der Waals surface area contributed by atoms with Crippen LogP contribution in [0.5, 0.6) is 0 Å². The second kappa shape index (κ2) is 10.8. The molecule has 0 unspecified atom stereocenters.